The van der Waals surface area contributed by atoms with E-state index in [9.17, 15) is 4.79 Å². The summed E-state index contributed by atoms with van der Waals surface area (Å²) < 4.78 is 5.04. The van der Waals surface area contributed by atoms with Crippen LogP contribution in [-0.4, -0.2) is 21.0 Å². The second kappa shape index (κ2) is 6.93. The maximum atomic E-state index is 12.4. The van der Waals surface area contributed by atoms with Crippen LogP contribution in [0, 0.1) is 13.8 Å². The molecule has 8 heteroatoms. The molecule has 0 aromatic carbocycles. The number of hydrogen-bond donors (Lipinski definition) is 1. The Labute approximate surface area is 141 Å². The average molecular weight is 346 g/mol. The number of carbonyl (C=O) groups is 1. The fraction of sp³-hybridized carbons (Fsp3) is 0.200. The summed E-state index contributed by atoms with van der Waals surface area (Å²) in [6.45, 7) is 3.79. The van der Waals surface area contributed by atoms with Gasteiger partial charge in [-0.25, -0.2) is 9.97 Å². The summed E-state index contributed by atoms with van der Waals surface area (Å²) in [6.07, 6.45) is 3.40. The smallest absolute Gasteiger partial charge is 0.260 e. The SMILES string of the molecule is Cc1cc(CSc2ncccc2C(=O)Nc2ncc(C)s2)no1. The molecule has 23 heavy (non-hydrogen) atoms. The molecule has 0 atom stereocenters. The number of anilines is 1. The van der Waals surface area contributed by atoms with Crippen molar-refractivity contribution in [2.45, 2.75) is 24.6 Å². The summed E-state index contributed by atoms with van der Waals surface area (Å²) in [5.41, 5.74) is 1.34. The summed E-state index contributed by atoms with van der Waals surface area (Å²) in [6, 6.07) is 5.36. The summed E-state index contributed by atoms with van der Waals surface area (Å²) in [5.74, 6) is 1.13. The number of rotatable bonds is 5. The molecule has 3 aromatic heterocycles. The Morgan fingerprint density at radius 1 is 1.39 bits per heavy atom. The van der Waals surface area contributed by atoms with Gasteiger partial charge in [-0.3, -0.25) is 10.1 Å². The van der Waals surface area contributed by atoms with Gasteiger partial charge in [0.15, 0.2) is 5.13 Å². The maximum Gasteiger partial charge on any atom is 0.260 e. The van der Waals surface area contributed by atoms with E-state index in [-0.39, 0.29) is 5.91 Å². The fourth-order valence-corrected chi connectivity index (χ4v) is 3.42. The number of pyridine rings is 1. The summed E-state index contributed by atoms with van der Waals surface area (Å²) in [4.78, 5) is 21.9. The van der Waals surface area contributed by atoms with Gasteiger partial charge < -0.3 is 4.52 Å². The van der Waals surface area contributed by atoms with Gasteiger partial charge in [0.25, 0.3) is 5.91 Å². The third kappa shape index (κ3) is 3.96. The van der Waals surface area contributed by atoms with Crippen LogP contribution in [-0.2, 0) is 5.75 Å². The van der Waals surface area contributed by atoms with Gasteiger partial charge in [0.1, 0.15) is 10.8 Å². The van der Waals surface area contributed by atoms with Crippen molar-refractivity contribution < 1.29 is 9.32 Å². The highest BCUT2D eigenvalue weighted by Gasteiger charge is 2.15. The minimum absolute atomic E-state index is 0.216. The summed E-state index contributed by atoms with van der Waals surface area (Å²) >= 11 is 2.88. The van der Waals surface area contributed by atoms with Crippen molar-refractivity contribution in [1.82, 2.24) is 15.1 Å². The number of carbonyl (C=O) groups excluding carboxylic acids is 1. The molecule has 0 fully saturated rings. The van der Waals surface area contributed by atoms with Gasteiger partial charge in [0.05, 0.1) is 11.3 Å². The standard InChI is InChI=1S/C15H14N4O2S2/c1-9-6-11(19-21-9)8-22-14-12(4-3-5-16-14)13(20)18-15-17-7-10(2)23-15/h3-7H,8H2,1-2H3,(H,17,18,20). The zero-order valence-electron chi connectivity index (χ0n) is 12.6. The van der Waals surface area contributed by atoms with Gasteiger partial charge in [-0.1, -0.05) is 16.9 Å². The molecular formula is C15H14N4O2S2. The van der Waals surface area contributed by atoms with E-state index in [1.54, 1.807) is 24.5 Å². The van der Waals surface area contributed by atoms with E-state index in [0.717, 1.165) is 16.3 Å². The number of aryl methyl sites for hydroxylation is 2. The first-order chi connectivity index (χ1) is 11.1. The molecule has 0 saturated heterocycles. The predicted molar refractivity (Wildman–Crippen MR) is 89.8 cm³/mol. The third-order valence-electron chi connectivity index (χ3n) is 2.89. The van der Waals surface area contributed by atoms with Gasteiger partial charge in [0, 0.05) is 29.1 Å². The lowest BCUT2D eigenvalue weighted by Gasteiger charge is -2.06. The molecule has 1 N–H and O–H groups in total. The van der Waals surface area contributed by atoms with Crippen molar-refractivity contribution in [2.24, 2.45) is 0 Å². The van der Waals surface area contributed by atoms with E-state index < -0.39 is 0 Å². The van der Waals surface area contributed by atoms with Crippen LogP contribution in [0.2, 0.25) is 0 Å². The monoisotopic (exact) mass is 346 g/mol. The fourth-order valence-electron chi connectivity index (χ4n) is 1.88. The Hall–Kier alpha value is -2.19. The molecule has 3 aromatic rings. The maximum absolute atomic E-state index is 12.4. The first kappa shape index (κ1) is 15.7. The molecule has 118 valence electrons. The lowest BCUT2D eigenvalue weighted by molar-refractivity contribution is 0.102. The lowest BCUT2D eigenvalue weighted by atomic mass is 10.3. The second-order valence-electron chi connectivity index (χ2n) is 4.80. The van der Waals surface area contributed by atoms with Crippen LogP contribution in [0.1, 0.15) is 26.7 Å². The number of hydrogen-bond acceptors (Lipinski definition) is 7. The Balaban J connectivity index is 1.73. The quantitative estimate of drug-likeness (QED) is 0.710. The van der Waals surface area contributed by atoms with Crippen LogP contribution >= 0.6 is 23.1 Å². The van der Waals surface area contributed by atoms with E-state index in [2.05, 4.69) is 20.4 Å². The minimum atomic E-state index is -0.216. The molecule has 1 amide bonds. The normalized spacial score (nSPS) is 10.7. The number of nitrogens with zero attached hydrogens (tertiary/aromatic N) is 3. The van der Waals surface area contributed by atoms with Crippen LogP contribution in [0.25, 0.3) is 0 Å². The van der Waals surface area contributed by atoms with Crippen molar-refractivity contribution in [3.63, 3.8) is 0 Å². The second-order valence-corrected chi connectivity index (χ2v) is 7.00. The molecule has 0 unspecified atom stereocenters. The highest BCUT2D eigenvalue weighted by atomic mass is 32.2. The van der Waals surface area contributed by atoms with E-state index in [1.807, 2.05) is 19.9 Å². The summed E-state index contributed by atoms with van der Waals surface area (Å²) in [7, 11) is 0. The third-order valence-corrected chi connectivity index (χ3v) is 4.76. The van der Waals surface area contributed by atoms with Gasteiger partial charge in [-0.15, -0.1) is 11.3 Å². The zero-order chi connectivity index (χ0) is 16.2. The minimum Gasteiger partial charge on any atom is -0.361 e. The topological polar surface area (TPSA) is 80.9 Å². The molecule has 3 heterocycles. The molecule has 0 radical (unpaired) electrons. The molecule has 6 nitrogen and oxygen atoms in total. The Kier molecular flexibility index (Phi) is 4.73. The van der Waals surface area contributed by atoms with E-state index in [1.165, 1.54) is 23.1 Å². The molecule has 0 spiro atoms. The molecular weight excluding hydrogens is 332 g/mol. The van der Waals surface area contributed by atoms with Crippen molar-refractivity contribution >= 4 is 34.1 Å². The molecule has 0 aliphatic heterocycles. The molecule has 0 aliphatic carbocycles. The van der Waals surface area contributed by atoms with Gasteiger partial charge >= 0.3 is 0 Å². The average Bonchev–Trinajstić information content (AvgIpc) is 3.14. The van der Waals surface area contributed by atoms with Gasteiger partial charge in [0.2, 0.25) is 0 Å². The van der Waals surface area contributed by atoms with E-state index in [0.29, 0.717) is 21.5 Å². The van der Waals surface area contributed by atoms with E-state index >= 15 is 0 Å². The first-order valence-corrected chi connectivity index (χ1v) is 8.66. The van der Waals surface area contributed by atoms with Gasteiger partial charge in [-0.2, -0.15) is 0 Å². The van der Waals surface area contributed by atoms with Crippen LogP contribution < -0.4 is 5.32 Å². The van der Waals surface area contributed by atoms with E-state index in [4.69, 9.17) is 4.52 Å². The van der Waals surface area contributed by atoms with Crippen molar-refractivity contribution in [1.29, 1.82) is 0 Å². The highest BCUT2D eigenvalue weighted by molar-refractivity contribution is 7.98. The van der Waals surface area contributed by atoms with Crippen molar-refractivity contribution in [2.75, 3.05) is 5.32 Å². The number of amides is 1. The number of aromatic nitrogens is 3. The van der Waals surface area contributed by atoms with Crippen LogP contribution in [0.15, 0.2) is 40.1 Å². The van der Waals surface area contributed by atoms with Crippen LogP contribution in [0.4, 0.5) is 5.13 Å². The zero-order valence-corrected chi connectivity index (χ0v) is 14.2. The van der Waals surface area contributed by atoms with Crippen molar-refractivity contribution in [3.8, 4) is 0 Å². The van der Waals surface area contributed by atoms with Crippen molar-refractivity contribution in [3.05, 3.63) is 52.5 Å². The highest BCUT2D eigenvalue weighted by Crippen LogP contribution is 2.25. The molecule has 0 aliphatic rings. The Bertz CT molecular complexity index is 828. The summed E-state index contributed by atoms with van der Waals surface area (Å²) in [5, 5.41) is 7.98. The first-order valence-electron chi connectivity index (χ1n) is 6.85. The lowest BCUT2D eigenvalue weighted by Crippen LogP contribution is -2.13. The molecule has 0 saturated carbocycles. The Morgan fingerprint density at radius 2 is 2.26 bits per heavy atom. The van der Waals surface area contributed by atoms with Crippen LogP contribution in [0.5, 0.6) is 0 Å². The predicted octanol–water partition coefficient (Wildman–Crippen LogP) is 3.69. The molecule has 3 rings (SSSR count). The number of thioether (sulfide) groups is 1. The number of thiazole rings is 1. The van der Waals surface area contributed by atoms with Crippen LogP contribution in [0.3, 0.4) is 0 Å². The largest absolute Gasteiger partial charge is 0.361 e. The Morgan fingerprint density at radius 3 is 2.96 bits per heavy atom. The number of nitrogens with one attached hydrogen (secondary N) is 1. The van der Waals surface area contributed by atoms with Gasteiger partial charge in [-0.05, 0) is 26.0 Å². The molecule has 0 bridgehead atoms.